The second-order valence-electron chi connectivity index (χ2n) is 4.27. The highest BCUT2D eigenvalue weighted by molar-refractivity contribution is 5.85. The summed E-state index contributed by atoms with van der Waals surface area (Å²) in [6.45, 7) is 1.60. The Morgan fingerprint density at radius 2 is 2.11 bits per heavy atom. The summed E-state index contributed by atoms with van der Waals surface area (Å²) in [6.07, 6.45) is 1.75. The maximum absolute atomic E-state index is 11.8. The van der Waals surface area contributed by atoms with Crippen LogP contribution in [0.15, 0.2) is 30.3 Å². The first-order valence-electron chi connectivity index (χ1n) is 5.98. The lowest BCUT2D eigenvalue weighted by Crippen LogP contribution is -2.40. The number of rotatable bonds is 3. The zero-order valence-electron chi connectivity index (χ0n) is 10.2. The first kappa shape index (κ1) is 14.8. The molecular formula is C13H19ClN2O2. The summed E-state index contributed by atoms with van der Waals surface area (Å²) in [7, 11) is 0. The molecule has 0 aromatic heterocycles. The number of carbonyl (C=O) groups excluding carboxylic acids is 1. The Morgan fingerprint density at radius 1 is 1.39 bits per heavy atom. The highest BCUT2D eigenvalue weighted by atomic mass is 35.5. The lowest BCUT2D eigenvalue weighted by Gasteiger charge is -2.22. The van der Waals surface area contributed by atoms with Crippen molar-refractivity contribution < 1.29 is 9.53 Å². The smallest absolute Gasteiger partial charge is 0.410 e. The van der Waals surface area contributed by atoms with E-state index >= 15 is 0 Å². The van der Waals surface area contributed by atoms with Crippen LogP contribution < -0.4 is 5.73 Å². The van der Waals surface area contributed by atoms with Crippen molar-refractivity contribution in [2.45, 2.75) is 25.5 Å². The fourth-order valence-electron chi connectivity index (χ4n) is 2.12. The number of amides is 1. The van der Waals surface area contributed by atoms with Crippen LogP contribution in [0, 0.1) is 0 Å². The van der Waals surface area contributed by atoms with Crippen LogP contribution in [0.4, 0.5) is 4.79 Å². The molecule has 1 aromatic carbocycles. The van der Waals surface area contributed by atoms with Crippen LogP contribution in [-0.2, 0) is 11.3 Å². The highest BCUT2D eigenvalue weighted by Crippen LogP contribution is 2.17. The summed E-state index contributed by atoms with van der Waals surface area (Å²) in [6, 6.07) is 9.84. The lowest BCUT2D eigenvalue weighted by molar-refractivity contribution is 0.0931. The third kappa shape index (κ3) is 3.62. The van der Waals surface area contributed by atoms with Gasteiger partial charge >= 0.3 is 6.09 Å². The maximum atomic E-state index is 11.8. The Labute approximate surface area is 114 Å². The van der Waals surface area contributed by atoms with Crippen molar-refractivity contribution in [1.29, 1.82) is 0 Å². The van der Waals surface area contributed by atoms with Crippen LogP contribution in [0.3, 0.4) is 0 Å². The number of halogens is 1. The highest BCUT2D eigenvalue weighted by Gasteiger charge is 2.28. The number of hydrogen-bond acceptors (Lipinski definition) is 3. The van der Waals surface area contributed by atoms with Gasteiger partial charge in [-0.25, -0.2) is 4.79 Å². The molecule has 1 heterocycles. The minimum atomic E-state index is -0.248. The lowest BCUT2D eigenvalue weighted by atomic mass is 10.2. The van der Waals surface area contributed by atoms with Crippen molar-refractivity contribution >= 4 is 18.5 Å². The number of nitrogens with two attached hydrogens (primary N) is 1. The molecule has 0 aliphatic carbocycles. The molecule has 100 valence electrons. The zero-order valence-corrected chi connectivity index (χ0v) is 11.1. The van der Waals surface area contributed by atoms with E-state index in [0.717, 1.165) is 24.9 Å². The van der Waals surface area contributed by atoms with Crippen LogP contribution >= 0.6 is 12.4 Å². The van der Waals surface area contributed by atoms with Crippen molar-refractivity contribution in [3.8, 4) is 0 Å². The fourth-order valence-corrected chi connectivity index (χ4v) is 2.12. The van der Waals surface area contributed by atoms with E-state index in [-0.39, 0.29) is 24.5 Å². The van der Waals surface area contributed by atoms with Crippen molar-refractivity contribution in [2.24, 2.45) is 5.73 Å². The topological polar surface area (TPSA) is 55.6 Å². The number of benzene rings is 1. The fraction of sp³-hybridized carbons (Fsp3) is 0.462. The van der Waals surface area contributed by atoms with E-state index < -0.39 is 0 Å². The molecule has 1 aliphatic rings. The molecule has 5 heteroatoms. The molecule has 2 N–H and O–H groups in total. The monoisotopic (exact) mass is 270 g/mol. The van der Waals surface area contributed by atoms with E-state index in [9.17, 15) is 4.79 Å². The summed E-state index contributed by atoms with van der Waals surface area (Å²) in [5.41, 5.74) is 6.62. The zero-order chi connectivity index (χ0) is 12.1. The molecule has 0 bridgehead atoms. The van der Waals surface area contributed by atoms with Gasteiger partial charge in [0.25, 0.3) is 0 Å². The number of nitrogens with zero attached hydrogens (tertiary/aromatic N) is 1. The van der Waals surface area contributed by atoms with E-state index in [2.05, 4.69) is 0 Å². The molecule has 1 aliphatic heterocycles. The molecular weight excluding hydrogens is 252 g/mol. The maximum Gasteiger partial charge on any atom is 0.410 e. The van der Waals surface area contributed by atoms with Gasteiger partial charge in [-0.1, -0.05) is 30.3 Å². The summed E-state index contributed by atoms with van der Waals surface area (Å²) >= 11 is 0. The van der Waals surface area contributed by atoms with Crippen LogP contribution in [0.5, 0.6) is 0 Å². The second-order valence-corrected chi connectivity index (χ2v) is 4.27. The van der Waals surface area contributed by atoms with Gasteiger partial charge in [-0.05, 0) is 18.4 Å². The van der Waals surface area contributed by atoms with Crippen LogP contribution in [0.1, 0.15) is 18.4 Å². The predicted molar refractivity (Wildman–Crippen MR) is 72.7 cm³/mol. The Balaban J connectivity index is 0.00000162. The summed E-state index contributed by atoms with van der Waals surface area (Å²) in [4.78, 5) is 13.6. The predicted octanol–water partition coefficient (Wildman–Crippen LogP) is 2.17. The van der Waals surface area contributed by atoms with Crippen LogP contribution in [0.25, 0.3) is 0 Å². The first-order valence-corrected chi connectivity index (χ1v) is 5.98. The Bertz CT molecular complexity index is 373. The van der Waals surface area contributed by atoms with Crippen LogP contribution in [-0.4, -0.2) is 30.1 Å². The molecule has 1 unspecified atom stereocenters. The molecule has 18 heavy (non-hydrogen) atoms. The van der Waals surface area contributed by atoms with E-state index in [1.165, 1.54) is 0 Å². The number of ether oxygens (including phenoxy) is 1. The molecule has 1 aromatic rings. The molecule has 1 atom stereocenters. The minimum Gasteiger partial charge on any atom is -0.445 e. The second kappa shape index (κ2) is 7.24. The molecule has 0 spiro atoms. The van der Waals surface area contributed by atoms with E-state index in [1.54, 1.807) is 4.90 Å². The Kier molecular flexibility index (Phi) is 5.95. The molecule has 1 amide bonds. The number of hydrogen-bond donors (Lipinski definition) is 1. The van der Waals surface area contributed by atoms with Gasteiger partial charge in [0.2, 0.25) is 0 Å². The minimum absolute atomic E-state index is 0. The molecule has 4 nitrogen and oxygen atoms in total. The van der Waals surface area contributed by atoms with Crippen molar-refractivity contribution in [3.63, 3.8) is 0 Å². The van der Waals surface area contributed by atoms with Gasteiger partial charge < -0.3 is 15.4 Å². The molecule has 0 saturated carbocycles. The van der Waals surface area contributed by atoms with E-state index in [1.807, 2.05) is 30.3 Å². The molecule has 2 rings (SSSR count). The van der Waals surface area contributed by atoms with Gasteiger partial charge in [0, 0.05) is 19.1 Å². The van der Waals surface area contributed by atoms with Gasteiger partial charge in [0.15, 0.2) is 0 Å². The number of likely N-dealkylation sites (tertiary alicyclic amines) is 1. The van der Waals surface area contributed by atoms with E-state index in [0.29, 0.717) is 13.2 Å². The first-order chi connectivity index (χ1) is 8.31. The van der Waals surface area contributed by atoms with Gasteiger partial charge in [-0.3, -0.25) is 0 Å². The third-order valence-corrected chi connectivity index (χ3v) is 3.09. The third-order valence-electron chi connectivity index (χ3n) is 3.09. The summed E-state index contributed by atoms with van der Waals surface area (Å²) in [5.74, 6) is 0. The van der Waals surface area contributed by atoms with E-state index in [4.69, 9.17) is 10.5 Å². The van der Waals surface area contributed by atoms with Crippen LogP contribution in [0.2, 0.25) is 0 Å². The van der Waals surface area contributed by atoms with Crippen molar-refractivity contribution in [3.05, 3.63) is 35.9 Å². The van der Waals surface area contributed by atoms with Crippen molar-refractivity contribution in [2.75, 3.05) is 13.1 Å². The largest absolute Gasteiger partial charge is 0.445 e. The quantitative estimate of drug-likeness (QED) is 0.916. The van der Waals surface area contributed by atoms with Gasteiger partial charge in [0.05, 0.1) is 0 Å². The normalized spacial score (nSPS) is 18.3. The molecule has 1 fully saturated rings. The SMILES string of the molecule is Cl.NCC1CCCN1C(=O)OCc1ccccc1. The molecule has 0 radical (unpaired) electrons. The summed E-state index contributed by atoms with van der Waals surface area (Å²) in [5, 5.41) is 0. The van der Waals surface area contributed by atoms with Crippen molar-refractivity contribution in [1.82, 2.24) is 4.90 Å². The average molecular weight is 271 g/mol. The van der Waals surface area contributed by atoms with Gasteiger partial charge in [-0.2, -0.15) is 0 Å². The average Bonchev–Trinajstić information content (AvgIpc) is 2.85. The molecule has 1 saturated heterocycles. The summed E-state index contributed by atoms with van der Waals surface area (Å²) < 4.78 is 5.28. The number of carbonyl (C=O) groups is 1. The standard InChI is InChI=1S/C13H18N2O2.ClH/c14-9-12-7-4-8-15(12)13(16)17-10-11-5-2-1-3-6-11;/h1-3,5-6,12H,4,7-10,14H2;1H. The Morgan fingerprint density at radius 3 is 2.78 bits per heavy atom. The van der Waals surface area contributed by atoms with Gasteiger partial charge in [-0.15, -0.1) is 12.4 Å². The van der Waals surface area contributed by atoms with Gasteiger partial charge in [0.1, 0.15) is 6.61 Å². The Hall–Kier alpha value is -1.26.